The zero-order chi connectivity index (χ0) is 15.4. The minimum Gasteiger partial charge on any atom is -0.494 e. The van der Waals surface area contributed by atoms with Crippen molar-refractivity contribution in [2.24, 2.45) is 4.99 Å². The number of nitrogens with one attached hydrogen (secondary N) is 1. The van der Waals surface area contributed by atoms with Gasteiger partial charge in [0.25, 0.3) is 0 Å². The van der Waals surface area contributed by atoms with E-state index in [0.29, 0.717) is 12.6 Å². The summed E-state index contributed by atoms with van der Waals surface area (Å²) in [6, 6.07) is 10.7. The van der Waals surface area contributed by atoms with Gasteiger partial charge in [-0.05, 0) is 44.7 Å². The molecule has 0 bridgehead atoms. The molecule has 2 heterocycles. The highest BCUT2D eigenvalue weighted by Crippen LogP contribution is 2.23. The summed E-state index contributed by atoms with van der Waals surface area (Å²) in [5, 5.41) is 5.37. The Kier molecular flexibility index (Phi) is 4.95. The van der Waals surface area contributed by atoms with Gasteiger partial charge in [0.1, 0.15) is 10.8 Å². The smallest absolute Gasteiger partial charge is 0.120 e. The Labute approximate surface area is 135 Å². The molecule has 4 nitrogen and oxygen atoms in total. The first-order valence-corrected chi connectivity index (χ1v) is 8.63. The molecular weight excluding hydrogens is 294 g/mol. The van der Waals surface area contributed by atoms with Gasteiger partial charge in [-0.2, -0.15) is 0 Å². The Bertz CT molecular complexity index is 687. The van der Waals surface area contributed by atoms with E-state index in [1.807, 2.05) is 25.2 Å². The predicted octanol–water partition coefficient (Wildman–Crippen LogP) is 3.11. The molecule has 1 atom stereocenters. The minimum absolute atomic E-state index is 0.467. The fourth-order valence-corrected chi connectivity index (χ4v) is 3.12. The molecule has 22 heavy (non-hydrogen) atoms. The van der Waals surface area contributed by atoms with Crippen LogP contribution in [0.4, 0.5) is 0 Å². The van der Waals surface area contributed by atoms with Crippen LogP contribution in [0.15, 0.2) is 35.3 Å². The summed E-state index contributed by atoms with van der Waals surface area (Å²) in [5.41, 5.74) is 1.97. The number of benzene rings is 1. The molecule has 0 amide bonds. The second-order valence-electron chi connectivity index (χ2n) is 5.41. The molecule has 0 saturated heterocycles. The van der Waals surface area contributed by atoms with Gasteiger partial charge in [0.05, 0.1) is 17.8 Å². The number of aliphatic imine (C=N–C) groups is 1. The lowest BCUT2D eigenvalue weighted by Crippen LogP contribution is -2.23. The molecule has 0 aliphatic carbocycles. The molecule has 1 unspecified atom stereocenters. The summed E-state index contributed by atoms with van der Waals surface area (Å²) in [4.78, 5) is 9.18. The fraction of sp³-hybridized carbons (Fsp3) is 0.412. The first-order chi connectivity index (χ1) is 10.8. The number of hydrogen-bond acceptors (Lipinski definition) is 5. The normalized spacial score (nSPS) is 15.8. The van der Waals surface area contributed by atoms with E-state index < -0.39 is 0 Å². The highest BCUT2D eigenvalue weighted by atomic mass is 32.2. The van der Waals surface area contributed by atoms with E-state index in [1.165, 1.54) is 0 Å². The second kappa shape index (κ2) is 7.11. The zero-order valence-corrected chi connectivity index (χ0v) is 13.8. The second-order valence-corrected chi connectivity index (χ2v) is 6.50. The average molecular weight is 315 g/mol. The fourth-order valence-electron chi connectivity index (χ4n) is 2.30. The van der Waals surface area contributed by atoms with E-state index in [-0.39, 0.29) is 0 Å². The maximum atomic E-state index is 5.82. The number of thioether (sulfide) groups is 1. The van der Waals surface area contributed by atoms with Gasteiger partial charge in [0.2, 0.25) is 0 Å². The van der Waals surface area contributed by atoms with Gasteiger partial charge in [-0.3, -0.25) is 4.99 Å². The van der Waals surface area contributed by atoms with Crippen molar-refractivity contribution < 1.29 is 4.74 Å². The summed E-state index contributed by atoms with van der Waals surface area (Å²) in [6.45, 7) is 3.77. The van der Waals surface area contributed by atoms with Crippen LogP contribution in [0.3, 0.4) is 0 Å². The van der Waals surface area contributed by atoms with Crippen molar-refractivity contribution in [3.8, 4) is 5.75 Å². The Morgan fingerprint density at radius 2 is 2.23 bits per heavy atom. The lowest BCUT2D eigenvalue weighted by Gasteiger charge is -2.11. The number of ether oxygens (including phenoxy) is 1. The highest BCUT2D eigenvalue weighted by molar-refractivity contribution is 8.14. The molecule has 5 heteroatoms. The molecule has 0 radical (unpaired) electrons. The van der Waals surface area contributed by atoms with E-state index in [0.717, 1.165) is 46.1 Å². The molecule has 1 N–H and O–H groups in total. The van der Waals surface area contributed by atoms with Crippen LogP contribution in [0.5, 0.6) is 5.75 Å². The van der Waals surface area contributed by atoms with Crippen LogP contribution >= 0.6 is 11.8 Å². The van der Waals surface area contributed by atoms with Gasteiger partial charge < -0.3 is 10.1 Å². The third-order valence-corrected chi connectivity index (χ3v) is 4.78. The summed E-state index contributed by atoms with van der Waals surface area (Å²) >= 11 is 1.78. The molecule has 1 aromatic carbocycles. The Balaban J connectivity index is 1.72. The first-order valence-electron chi connectivity index (χ1n) is 7.65. The van der Waals surface area contributed by atoms with E-state index >= 15 is 0 Å². The van der Waals surface area contributed by atoms with Crippen molar-refractivity contribution in [3.05, 3.63) is 36.0 Å². The van der Waals surface area contributed by atoms with Crippen LogP contribution in [-0.2, 0) is 0 Å². The summed E-state index contributed by atoms with van der Waals surface area (Å²) < 4.78 is 5.82. The number of fused-ring (bicyclic) bond motifs is 1. The van der Waals surface area contributed by atoms with Crippen LogP contribution < -0.4 is 10.1 Å². The number of nitrogens with zero attached hydrogens (tertiary/aromatic N) is 2. The third-order valence-electron chi connectivity index (χ3n) is 3.78. The molecule has 1 aliphatic heterocycles. The molecule has 116 valence electrons. The quantitative estimate of drug-likeness (QED) is 0.890. The molecule has 1 aliphatic rings. The predicted molar refractivity (Wildman–Crippen MR) is 94.2 cm³/mol. The molecule has 2 aromatic rings. The van der Waals surface area contributed by atoms with Crippen LogP contribution in [0.2, 0.25) is 0 Å². The SMILES string of the molecule is CNC(C)CCOc1ccc2nc(C3=NCCS3)ccc2c1. The minimum atomic E-state index is 0.467. The summed E-state index contributed by atoms with van der Waals surface area (Å²) in [7, 11) is 1.97. The third kappa shape index (κ3) is 3.59. The van der Waals surface area contributed by atoms with Crippen molar-refractivity contribution in [3.63, 3.8) is 0 Å². The number of pyridine rings is 1. The Hall–Kier alpha value is -1.59. The lowest BCUT2D eigenvalue weighted by atomic mass is 10.2. The van der Waals surface area contributed by atoms with Crippen molar-refractivity contribution in [1.29, 1.82) is 0 Å². The van der Waals surface area contributed by atoms with Gasteiger partial charge in [-0.25, -0.2) is 4.98 Å². The van der Waals surface area contributed by atoms with Gasteiger partial charge in [0, 0.05) is 23.7 Å². The molecule has 0 spiro atoms. The average Bonchev–Trinajstić information content (AvgIpc) is 3.08. The zero-order valence-electron chi connectivity index (χ0n) is 13.0. The molecule has 0 fully saturated rings. The number of hydrogen-bond donors (Lipinski definition) is 1. The lowest BCUT2D eigenvalue weighted by molar-refractivity contribution is 0.294. The van der Waals surface area contributed by atoms with Gasteiger partial charge in [0.15, 0.2) is 0 Å². The van der Waals surface area contributed by atoms with E-state index in [2.05, 4.69) is 29.4 Å². The Morgan fingerprint density at radius 3 is 3.00 bits per heavy atom. The van der Waals surface area contributed by atoms with Crippen molar-refractivity contribution in [2.75, 3.05) is 26.0 Å². The van der Waals surface area contributed by atoms with Gasteiger partial charge >= 0.3 is 0 Å². The van der Waals surface area contributed by atoms with E-state index in [9.17, 15) is 0 Å². The Morgan fingerprint density at radius 1 is 1.32 bits per heavy atom. The van der Waals surface area contributed by atoms with Crippen LogP contribution in [0.25, 0.3) is 10.9 Å². The maximum Gasteiger partial charge on any atom is 0.120 e. The van der Waals surface area contributed by atoms with Gasteiger partial charge in [-0.15, -0.1) is 11.8 Å². The molecule has 1 aromatic heterocycles. The summed E-state index contributed by atoms with van der Waals surface area (Å²) in [5.74, 6) is 1.96. The number of aromatic nitrogens is 1. The van der Waals surface area contributed by atoms with Crippen molar-refractivity contribution >= 4 is 27.7 Å². The van der Waals surface area contributed by atoms with Crippen molar-refractivity contribution in [1.82, 2.24) is 10.3 Å². The molecule has 3 rings (SSSR count). The topological polar surface area (TPSA) is 46.5 Å². The standard InChI is InChI=1S/C17H21N3OS/c1-12(18-2)7-9-21-14-4-6-15-13(11-14)3-5-16(20-15)17-19-8-10-22-17/h3-6,11-12,18H,7-10H2,1-2H3. The van der Waals surface area contributed by atoms with Crippen LogP contribution in [0.1, 0.15) is 19.0 Å². The highest BCUT2D eigenvalue weighted by Gasteiger charge is 2.11. The number of rotatable bonds is 6. The van der Waals surface area contributed by atoms with Gasteiger partial charge in [-0.1, -0.05) is 6.07 Å². The van der Waals surface area contributed by atoms with Crippen molar-refractivity contribution in [2.45, 2.75) is 19.4 Å². The summed E-state index contributed by atoms with van der Waals surface area (Å²) in [6.07, 6.45) is 0.989. The van der Waals surface area contributed by atoms with Crippen LogP contribution in [-0.4, -0.2) is 42.0 Å². The van der Waals surface area contributed by atoms with E-state index in [4.69, 9.17) is 9.72 Å². The monoisotopic (exact) mass is 315 g/mol. The first kappa shape index (κ1) is 15.3. The maximum absolute atomic E-state index is 5.82. The molecular formula is C17H21N3OS. The van der Waals surface area contributed by atoms with E-state index in [1.54, 1.807) is 11.8 Å². The largest absolute Gasteiger partial charge is 0.494 e. The molecule has 0 saturated carbocycles. The van der Waals surface area contributed by atoms with Crippen LogP contribution in [0, 0.1) is 0 Å².